The maximum atomic E-state index is 11.3. The van der Waals surface area contributed by atoms with Gasteiger partial charge < -0.3 is 4.74 Å². The van der Waals surface area contributed by atoms with Crippen LogP contribution < -0.4 is 5.32 Å². The van der Waals surface area contributed by atoms with Crippen molar-refractivity contribution in [1.82, 2.24) is 10.2 Å². The molecule has 104 valence electrons. The molecular formula is C15H22N2O2. The molecule has 0 aliphatic heterocycles. The molecule has 0 saturated heterocycles. The molecule has 0 atom stereocenters. The Kier molecular flexibility index (Phi) is 6.09. The van der Waals surface area contributed by atoms with Crippen LogP contribution in [-0.2, 0) is 11.3 Å². The van der Waals surface area contributed by atoms with Gasteiger partial charge >= 0.3 is 6.09 Å². The highest BCUT2D eigenvalue weighted by molar-refractivity contribution is 5.69. The van der Waals surface area contributed by atoms with E-state index in [0.717, 1.165) is 17.8 Å². The smallest absolute Gasteiger partial charge is 0.411 e. The molecule has 0 saturated carbocycles. The number of allylic oxidation sites excluding steroid dienone is 1. The predicted molar refractivity (Wildman–Crippen MR) is 76.7 cm³/mol. The molecule has 0 unspecified atom stereocenters. The number of rotatable bonds is 5. The van der Waals surface area contributed by atoms with Gasteiger partial charge in [-0.1, -0.05) is 35.9 Å². The number of benzene rings is 1. The molecular weight excluding hydrogens is 240 g/mol. The number of nitrogens with one attached hydrogen (secondary N) is 1. The predicted octanol–water partition coefficient (Wildman–Crippen LogP) is 2.77. The largest absolute Gasteiger partial charge is 0.453 e. The highest BCUT2D eigenvalue weighted by atomic mass is 16.5. The number of likely N-dealkylation sites (N-methyl/N-ethyl adjacent to an activating group) is 1. The van der Waals surface area contributed by atoms with Crippen LogP contribution in [0.15, 0.2) is 41.6 Å². The first-order chi connectivity index (χ1) is 9.02. The third-order valence-corrected chi connectivity index (χ3v) is 2.77. The molecule has 4 heteroatoms. The SMILES string of the molecule is COC(=O)NC(CN(C)Cc1ccccc1)=C(C)C. The quantitative estimate of drug-likeness (QED) is 0.887. The van der Waals surface area contributed by atoms with Gasteiger partial charge in [0.25, 0.3) is 0 Å². The van der Waals surface area contributed by atoms with Crippen molar-refractivity contribution >= 4 is 6.09 Å². The summed E-state index contributed by atoms with van der Waals surface area (Å²) in [4.78, 5) is 13.4. The fourth-order valence-corrected chi connectivity index (χ4v) is 1.72. The summed E-state index contributed by atoms with van der Waals surface area (Å²) in [6.45, 7) is 5.45. The lowest BCUT2D eigenvalue weighted by Gasteiger charge is -2.20. The van der Waals surface area contributed by atoms with E-state index < -0.39 is 6.09 Å². The highest BCUT2D eigenvalue weighted by Crippen LogP contribution is 2.07. The van der Waals surface area contributed by atoms with Gasteiger partial charge in [-0.15, -0.1) is 0 Å². The summed E-state index contributed by atoms with van der Waals surface area (Å²) >= 11 is 0. The van der Waals surface area contributed by atoms with Crippen molar-refractivity contribution in [3.05, 3.63) is 47.2 Å². The number of hydrogen-bond acceptors (Lipinski definition) is 3. The molecule has 1 aromatic rings. The zero-order valence-corrected chi connectivity index (χ0v) is 12.1. The van der Waals surface area contributed by atoms with Crippen molar-refractivity contribution in [2.75, 3.05) is 20.7 Å². The number of nitrogens with zero attached hydrogens (tertiary/aromatic N) is 1. The van der Waals surface area contributed by atoms with E-state index >= 15 is 0 Å². The van der Waals surface area contributed by atoms with Crippen LogP contribution in [0.4, 0.5) is 4.79 Å². The van der Waals surface area contributed by atoms with Crippen LogP contribution in [0, 0.1) is 0 Å². The number of methoxy groups -OCH3 is 1. The van der Waals surface area contributed by atoms with Crippen LogP contribution >= 0.6 is 0 Å². The maximum Gasteiger partial charge on any atom is 0.411 e. The molecule has 0 heterocycles. The fourth-order valence-electron chi connectivity index (χ4n) is 1.72. The Bertz CT molecular complexity index is 437. The maximum absolute atomic E-state index is 11.3. The number of ether oxygens (including phenoxy) is 1. The van der Waals surface area contributed by atoms with Gasteiger partial charge in [0.2, 0.25) is 0 Å². The Balaban J connectivity index is 2.60. The van der Waals surface area contributed by atoms with Gasteiger partial charge in [-0.25, -0.2) is 4.79 Å². The molecule has 0 radical (unpaired) electrons. The molecule has 1 aromatic carbocycles. The molecule has 1 N–H and O–H groups in total. The second-order valence-corrected chi connectivity index (χ2v) is 4.75. The van der Waals surface area contributed by atoms with E-state index in [0.29, 0.717) is 6.54 Å². The average molecular weight is 262 g/mol. The Morgan fingerprint density at radius 2 is 1.89 bits per heavy atom. The summed E-state index contributed by atoms with van der Waals surface area (Å²) in [5, 5.41) is 2.76. The van der Waals surface area contributed by atoms with Crippen molar-refractivity contribution in [2.45, 2.75) is 20.4 Å². The Hall–Kier alpha value is -1.81. The summed E-state index contributed by atoms with van der Waals surface area (Å²) in [6.07, 6.45) is -0.427. The van der Waals surface area contributed by atoms with Crippen LogP contribution in [-0.4, -0.2) is 31.7 Å². The number of carbonyl (C=O) groups is 1. The van der Waals surface area contributed by atoms with E-state index in [1.54, 1.807) is 0 Å². The molecule has 1 rings (SSSR count). The molecule has 0 spiro atoms. The van der Waals surface area contributed by atoms with E-state index in [1.165, 1.54) is 12.7 Å². The third-order valence-electron chi connectivity index (χ3n) is 2.77. The normalized spacial score (nSPS) is 10.2. The van der Waals surface area contributed by atoms with E-state index in [-0.39, 0.29) is 0 Å². The van der Waals surface area contributed by atoms with Gasteiger partial charge in [0, 0.05) is 18.8 Å². The minimum Gasteiger partial charge on any atom is -0.453 e. The molecule has 0 aliphatic rings. The molecule has 0 aliphatic carbocycles. The van der Waals surface area contributed by atoms with Crippen LogP contribution in [0.5, 0.6) is 0 Å². The van der Waals surface area contributed by atoms with Crippen molar-refractivity contribution in [2.24, 2.45) is 0 Å². The Morgan fingerprint density at radius 1 is 1.26 bits per heavy atom. The second-order valence-electron chi connectivity index (χ2n) is 4.75. The Morgan fingerprint density at radius 3 is 2.42 bits per heavy atom. The number of amides is 1. The van der Waals surface area contributed by atoms with E-state index in [1.807, 2.05) is 39.1 Å². The van der Waals surface area contributed by atoms with Gasteiger partial charge in [0.15, 0.2) is 0 Å². The van der Waals surface area contributed by atoms with E-state index in [9.17, 15) is 4.79 Å². The van der Waals surface area contributed by atoms with Crippen molar-refractivity contribution in [3.63, 3.8) is 0 Å². The van der Waals surface area contributed by atoms with Gasteiger partial charge in [0.1, 0.15) is 0 Å². The Labute approximate surface area is 115 Å². The zero-order valence-electron chi connectivity index (χ0n) is 12.1. The van der Waals surface area contributed by atoms with Gasteiger partial charge in [-0.05, 0) is 26.5 Å². The third kappa shape index (κ3) is 5.57. The van der Waals surface area contributed by atoms with Crippen LogP contribution in [0.3, 0.4) is 0 Å². The van der Waals surface area contributed by atoms with Crippen LogP contribution in [0.1, 0.15) is 19.4 Å². The number of hydrogen-bond donors (Lipinski definition) is 1. The summed E-state index contributed by atoms with van der Waals surface area (Å²) in [5.74, 6) is 0. The van der Waals surface area contributed by atoms with Crippen molar-refractivity contribution in [1.29, 1.82) is 0 Å². The molecule has 0 aromatic heterocycles. The molecule has 19 heavy (non-hydrogen) atoms. The summed E-state index contributed by atoms with van der Waals surface area (Å²) in [5.41, 5.74) is 3.20. The minimum absolute atomic E-state index is 0.427. The summed E-state index contributed by atoms with van der Waals surface area (Å²) in [6, 6.07) is 10.2. The van der Waals surface area contributed by atoms with Gasteiger partial charge in [-0.2, -0.15) is 0 Å². The van der Waals surface area contributed by atoms with E-state index in [2.05, 4.69) is 27.1 Å². The minimum atomic E-state index is -0.427. The second kappa shape index (κ2) is 7.59. The first-order valence-electron chi connectivity index (χ1n) is 6.26. The summed E-state index contributed by atoms with van der Waals surface area (Å²) < 4.78 is 4.63. The number of carbonyl (C=O) groups excluding carboxylic acids is 1. The first-order valence-corrected chi connectivity index (χ1v) is 6.26. The molecule has 4 nitrogen and oxygen atoms in total. The standard InChI is InChI=1S/C15H22N2O2/c1-12(2)14(16-15(18)19-4)11-17(3)10-13-8-6-5-7-9-13/h5-9H,10-11H2,1-4H3,(H,16,18). The van der Waals surface area contributed by atoms with Crippen LogP contribution in [0.25, 0.3) is 0 Å². The highest BCUT2D eigenvalue weighted by Gasteiger charge is 2.09. The molecule has 1 amide bonds. The topological polar surface area (TPSA) is 41.6 Å². The zero-order chi connectivity index (χ0) is 14.3. The molecule has 0 fully saturated rings. The van der Waals surface area contributed by atoms with Crippen LogP contribution in [0.2, 0.25) is 0 Å². The van der Waals surface area contributed by atoms with Crippen molar-refractivity contribution < 1.29 is 9.53 Å². The monoisotopic (exact) mass is 262 g/mol. The van der Waals surface area contributed by atoms with Gasteiger partial charge in [-0.3, -0.25) is 10.2 Å². The summed E-state index contributed by atoms with van der Waals surface area (Å²) in [7, 11) is 3.39. The lowest BCUT2D eigenvalue weighted by Crippen LogP contribution is -2.31. The first kappa shape index (κ1) is 15.2. The average Bonchev–Trinajstić information content (AvgIpc) is 2.38. The van der Waals surface area contributed by atoms with Crippen molar-refractivity contribution in [3.8, 4) is 0 Å². The fraction of sp³-hybridized carbons (Fsp3) is 0.400. The lowest BCUT2D eigenvalue weighted by atomic mass is 10.2. The number of alkyl carbamates (subject to hydrolysis) is 1. The lowest BCUT2D eigenvalue weighted by molar-refractivity contribution is 0.173. The molecule has 0 bridgehead atoms. The van der Waals surface area contributed by atoms with Gasteiger partial charge in [0.05, 0.1) is 7.11 Å². The van der Waals surface area contributed by atoms with E-state index in [4.69, 9.17) is 0 Å².